The van der Waals surface area contributed by atoms with Crippen LogP contribution in [0.15, 0.2) is 36.5 Å². The van der Waals surface area contributed by atoms with Crippen molar-refractivity contribution in [2.45, 2.75) is 6.92 Å². The van der Waals surface area contributed by atoms with E-state index in [2.05, 4.69) is 15.3 Å². The molecular formula is C14H10FN3OS. The maximum Gasteiger partial charge on any atom is 0.260 e. The highest BCUT2D eigenvalue weighted by Crippen LogP contribution is 2.25. The van der Waals surface area contributed by atoms with Gasteiger partial charge in [-0.3, -0.25) is 4.79 Å². The molecule has 0 aliphatic carbocycles. The Balaban J connectivity index is 1.89. The van der Waals surface area contributed by atoms with Crippen LogP contribution in [0, 0.1) is 12.9 Å². The number of pyridine rings is 1. The highest BCUT2D eigenvalue weighted by atomic mass is 32.1. The number of hydrogen-bond donors (Lipinski definition) is 1. The highest BCUT2D eigenvalue weighted by Gasteiger charge is 2.12. The van der Waals surface area contributed by atoms with Gasteiger partial charge in [0.05, 0.1) is 20.8 Å². The molecule has 0 spiro atoms. The standard InChI is InChI=1S/C14H10FN3OS/c1-8-17-11-5-4-9(7-12(11)20-8)18-14(19)10-3-2-6-16-13(10)15/h2-7H,1H3,(H,18,19). The van der Waals surface area contributed by atoms with E-state index in [9.17, 15) is 9.18 Å². The monoisotopic (exact) mass is 287 g/mol. The number of nitrogens with one attached hydrogen (secondary N) is 1. The number of rotatable bonds is 2. The lowest BCUT2D eigenvalue weighted by atomic mass is 10.2. The summed E-state index contributed by atoms with van der Waals surface area (Å²) in [7, 11) is 0. The van der Waals surface area contributed by atoms with Crippen LogP contribution in [-0.2, 0) is 0 Å². The molecule has 0 aliphatic heterocycles. The number of nitrogens with zero attached hydrogens (tertiary/aromatic N) is 2. The van der Waals surface area contributed by atoms with Crippen molar-refractivity contribution in [2.75, 3.05) is 5.32 Å². The second-order valence-electron chi connectivity index (χ2n) is 4.21. The second-order valence-corrected chi connectivity index (χ2v) is 5.45. The number of anilines is 1. The van der Waals surface area contributed by atoms with Crippen molar-refractivity contribution in [3.63, 3.8) is 0 Å². The van der Waals surface area contributed by atoms with E-state index < -0.39 is 11.9 Å². The van der Waals surface area contributed by atoms with Crippen LogP contribution in [0.1, 0.15) is 15.4 Å². The quantitative estimate of drug-likeness (QED) is 0.735. The average Bonchev–Trinajstić information content (AvgIpc) is 2.78. The molecule has 0 fully saturated rings. The lowest BCUT2D eigenvalue weighted by Gasteiger charge is -2.05. The van der Waals surface area contributed by atoms with E-state index >= 15 is 0 Å². The first-order valence-electron chi connectivity index (χ1n) is 5.92. The van der Waals surface area contributed by atoms with Gasteiger partial charge >= 0.3 is 0 Å². The Morgan fingerprint density at radius 1 is 1.35 bits per heavy atom. The van der Waals surface area contributed by atoms with Gasteiger partial charge in [-0.15, -0.1) is 11.3 Å². The first-order chi connectivity index (χ1) is 9.63. The lowest BCUT2D eigenvalue weighted by molar-refractivity contribution is 0.102. The molecule has 1 amide bonds. The first-order valence-corrected chi connectivity index (χ1v) is 6.74. The fourth-order valence-corrected chi connectivity index (χ4v) is 2.74. The summed E-state index contributed by atoms with van der Waals surface area (Å²) >= 11 is 1.54. The van der Waals surface area contributed by atoms with Gasteiger partial charge in [0.15, 0.2) is 0 Å². The Hall–Kier alpha value is -2.34. The zero-order chi connectivity index (χ0) is 14.1. The van der Waals surface area contributed by atoms with Crippen LogP contribution < -0.4 is 5.32 Å². The number of fused-ring (bicyclic) bond motifs is 1. The third-order valence-electron chi connectivity index (χ3n) is 2.76. The van der Waals surface area contributed by atoms with Gasteiger partial charge in [0.1, 0.15) is 0 Å². The van der Waals surface area contributed by atoms with E-state index in [0.29, 0.717) is 5.69 Å². The normalized spacial score (nSPS) is 10.7. The SMILES string of the molecule is Cc1nc2ccc(NC(=O)c3cccnc3F)cc2s1. The number of carbonyl (C=O) groups is 1. The van der Waals surface area contributed by atoms with E-state index in [0.717, 1.165) is 15.2 Å². The number of thiazole rings is 1. The largest absolute Gasteiger partial charge is 0.322 e. The van der Waals surface area contributed by atoms with Crippen molar-refractivity contribution >= 4 is 33.1 Å². The molecule has 3 rings (SSSR count). The van der Waals surface area contributed by atoms with Crippen LogP contribution in [0.25, 0.3) is 10.2 Å². The Labute approximate surface area is 118 Å². The van der Waals surface area contributed by atoms with Gasteiger partial charge in [0, 0.05) is 11.9 Å². The number of carbonyl (C=O) groups excluding carboxylic acids is 1. The number of halogens is 1. The average molecular weight is 287 g/mol. The Morgan fingerprint density at radius 3 is 3.00 bits per heavy atom. The van der Waals surface area contributed by atoms with Crippen molar-refractivity contribution < 1.29 is 9.18 Å². The van der Waals surface area contributed by atoms with E-state index in [-0.39, 0.29) is 5.56 Å². The predicted molar refractivity (Wildman–Crippen MR) is 76.5 cm³/mol. The summed E-state index contributed by atoms with van der Waals surface area (Å²) in [5.74, 6) is -1.30. The topological polar surface area (TPSA) is 54.9 Å². The van der Waals surface area contributed by atoms with E-state index in [1.54, 1.807) is 17.4 Å². The maximum absolute atomic E-state index is 13.4. The molecule has 0 saturated heterocycles. The zero-order valence-electron chi connectivity index (χ0n) is 10.6. The molecule has 4 nitrogen and oxygen atoms in total. The van der Waals surface area contributed by atoms with Crippen LogP contribution in [0.5, 0.6) is 0 Å². The second kappa shape index (κ2) is 4.97. The Morgan fingerprint density at radius 2 is 2.20 bits per heavy atom. The molecule has 2 heterocycles. The van der Waals surface area contributed by atoms with Gasteiger partial charge in [-0.05, 0) is 37.3 Å². The molecule has 0 aliphatic rings. The van der Waals surface area contributed by atoms with E-state index in [4.69, 9.17) is 0 Å². The third-order valence-corrected chi connectivity index (χ3v) is 3.69. The van der Waals surface area contributed by atoms with Gasteiger partial charge in [0.2, 0.25) is 5.95 Å². The molecule has 1 N–H and O–H groups in total. The zero-order valence-corrected chi connectivity index (χ0v) is 11.4. The summed E-state index contributed by atoms with van der Waals surface area (Å²) in [6.45, 7) is 1.92. The Bertz CT molecular complexity index is 800. The van der Waals surface area contributed by atoms with Crippen molar-refractivity contribution in [1.82, 2.24) is 9.97 Å². The summed E-state index contributed by atoms with van der Waals surface area (Å²) in [4.78, 5) is 19.8. The molecule has 1 aromatic carbocycles. The number of amides is 1. The molecule has 0 atom stereocenters. The van der Waals surface area contributed by atoms with Crippen molar-refractivity contribution in [3.05, 3.63) is 53.0 Å². The van der Waals surface area contributed by atoms with Crippen LogP contribution >= 0.6 is 11.3 Å². The van der Waals surface area contributed by atoms with E-state index in [1.165, 1.54) is 18.3 Å². The van der Waals surface area contributed by atoms with Gasteiger partial charge in [-0.25, -0.2) is 9.97 Å². The molecule has 20 heavy (non-hydrogen) atoms. The number of aryl methyl sites for hydroxylation is 1. The summed E-state index contributed by atoms with van der Waals surface area (Å²) in [6, 6.07) is 8.31. The third kappa shape index (κ3) is 2.37. The number of hydrogen-bond acceptors (Lipinski definition) is 4. The number of benzene rings is 1. The van der Waals surface area contributed by atoms with Crippen LogP contribution in [0.4, 0.5) is 10.1 Å². The summed E-state index contributed by atoms with van der Waals surface area (Å²) < 4.78 is 14.4. The molecule has 2 aromatic heterocycles. The van der Waals surface area contributed by atoms with Gasteiger partial charge in [-0.1, -0.05) is 0 Å². The molecule has 0 saturated carbocycles. The number of aromatic nitrogens is 2. The van der Waals surface area contributed by atoms with Gasteiger partial charge in [0.25, 0.3) is 5.91 Å². The van der Waals surface area contributed by atoms with E-state index in [1.807, 2.05) is 19.1 Å². The minimum atomic E-state index is -0.778. The smallest absolute Gasteiger partial charge is 0.260 e. The Kier molecular flexibility index (Phi) is 3.15. The summed E-state index contributed by atoms with van der Waals surface area (Å²) in [6.07, 6.45) is 1.30. The van der Waals surface area contributed by atoms with Crippen LogP contribution in [-0.4, -0.2) is 15.9 Å². The molecular weight excluding hydrogens is 277 g/mol. The molecule has 0 bridgehead atoms. The van der Waals surface area contributed by atoms with Gasteiger partial charge < -0.3 is 5.32 Å². The fraction of sp³-hybridized carbons (Fsp3) is 0.0714. The van der Waals surface area contributed by atoms with Crippen molar-refractivity contribution in [1.29, 1.82) is 0 Å². The molecule has 3 aromatic rings. The molecule has 0 radical (unpaired) electrons. The molecule has 0 unspecified atom stereocenters. The molecule has 6 heteroatoms. The highest BCUT2D eigenvalue weighted by molar-refractivity contribution is 7.18. The summed E-state index contributed by atoms with van der Waals surface area (Å²) in [5.41, 5.74) is 1.42. The minimum Gasteiger partial charge on any atom is -0.322 e. The van der Waals surface area contributed by atoms with Gasteiger partial charge in [-0.2, -0.15) is 4.39 Å². The van der Waals surface area contributed by atoms with Crippen LogP contribution in [0.2, 0.25) is 0 Å². The fourth-order valence-electron chi connectivity index (χ4n) is 1.87. The maximum atomic E-state index is 13.4. The lowest BCUT2D eigenvalue weighted by Crippen LogP contribution is -2.14. The van der Waals surface area contributed by atoms with Crippen LogP contribution in [0.3, 0.4) is 0 Å². The first kappa shape index (κ1) is 12.7. The van der Waals surface area contributed by atoms with Crippen molar-refractivity contribution in [2.24, 2.45) is 0 Å². The summed E-state index contributed by atoms with van der Waals surface area (Å²) in [5, 5.41) is 3.62. The minimum absolute atomic E-state index is 0.0758. The molecule has 100 valence electrons. The predicted octanol–water partition coefficient (Wildman–Crippen LogP) is 3.39. The van der Waals surface area contributed by atoms with Crippen molar-refractivity contribution in [3.8, 4) is 0 Å².